The third-order valence-electron chi connectivity index (χ3n) is 2.65. The molecule has 0 aromatic heterocycles. The number of likely N-dealkylation sites (N-methyl/N-ethyl adjacent to an activating group) is 2. The summed E-state index contributed by atoms with van der Waals surface area (Å²) in [5.41, 5.74) is 0. The van der Waals surface area contributed by atoms with Gasteiger partial charge in [-0.2, -0.15) is 13.2 Å². The van der Waals surface area contributed by atoms with Gasteiger partial charge in [-0.1, -0.05) is 0 Å². The fourth-order valence-corrected chi connectivity index (χ4v) is 1.91. The average molecular weight is 210 g/mol. The second-order valence-electron chi connectivity index (χ2n) is 4.09. The first-order valence-electron chi connectivity index (χ1n) is 4.84. The molecular formula is C9H17F3N2. The first-order chi connectivity index (χ1) is 6.38. The van der Waals surface area contributed by atoms with E-state index in [-0.39, 0.29) is 6.04 Å². The lowest BCUT2D eigenvalue weighted by atomic mass is 10.1. The van der Waals surface area contributed by atoms with Crippen LogP contribution in [0.25, 0.3) is 0 Å². The van der Waals surface area contributed by atoms with Gasteiger partial charge in [0.1, 0.15) is 0 Å². The number of hydrogen-bond acceptors (Lipinski definition) is 2. The first-order valence-corrected chi connectivity index (χ1v) is 4.84. The van der Waals surface area contributed by atoms with Crippen molar-refractivity contribution in [2.24, 2.45) is 0 Å². The van der Waals surface area contributed by atoms with E-state index in [0.717, 1.165) is 25.9 Å². The smallest absolute Gasteiger partial charge is 0.305 e. The zero-order valence-electron chi connectivity index (χ0n) is 8.64. The molecule has 1 atom stereocenters. The number of hydrogen-bond donors (Lipinski definition) is 0. The van der Waals surface area contributed by atoms with Crippen LogP contribution in [0.2, 0.25) is 0 Å². The van der Waals surface area contributed by atoms with Crippen LogP contribution in [0.15, 0.2) is 0 Å². The Bertz CT molecular complexity index is 181. The van der Waals surface area contributed by atoms with E-state index in [1.54, 1.807) is 7.05 Å². The van der Waals surface area contributed by atoms with Crippen LogP contribution in [0.4, 0.5) is 13.2 Å². The summed E-state index contributed by atoms with van der Waals surface area (Å²) in [6.07, 6.45) is -2.22. The average Bonchev–Trinajstić information content (AvgIpc) is 2.01. The number of rotatable bonds is 2. The Morgan fingerprint density at radius 2 is 2.07 bits per heavy atom. The number of halogens is 3. The van der Waals surface area contributed by atoms with Gasteiger partial charge in [-0.05, 0) is 33.5 Å². The van der Waals surface area contributed by atoms with E-state index in [1.165, 1.54) is 4.90 Å². The fraction of sp³-hybridized carbons (Fsp3) is 1.00. The molecule has 2 nitrogen and oxygen atoms in total. The molecule has 0 spiro atoms. The molecule has 0 bridgehead atoms. The summed E-state index contributed by atoms with van der Waals surface area (Å²) in [5.74, 6) is 0. The van der Waals surface area contributed by atoms with Gasteiger partial charge in [-0.25, -0.2) is 0 Å². The van der Waals surface area contributed by atoms with E-state index in [2.05, 4.69) is 4.90 Å². The molecule has 1 aliphatic heterocycles. The summed E-state index contributed by atoms with van der Waals surface area (Å²) >= 11 is 0. The topological polar surface area (TPSA) is 6.48 Å². The molecule has 0 radical (unpaired) electrons. The molecule has 0 amide bonds. The molecule has 0 aromatic carbocycles. The van der Waals surface area contributed by atoms with Crippen molar-refractivity contribution >= 4 is 0 Å². The molecule has 1 rings (SSSR count). The number of piperidine rings is 1. The van der Waals surface area contributed by atoms with Crippen molar-refractivity contribution in [3.63, 3.8) is 0 Å². The normalized spacial score (nSPS) is 25.7. The van der Waals surface area contributed by atoms with Gasteiger partial charge in [0.05, 0.1) is 6.54 Å². The number of nitrogens with zero attached hydrogens (tertiary/aromatic N) is 2. The third kappa shape index (κ3) is 3.84. The predicted octanol–water partition coefficient (Wildman–Crippen LogP) is 1.57. The minimum absolute atomic E-state index is 0.0513. The molecule has 0 saturated carbocycles. The predicted molar refractivity (Wildman–Crippen MR) is 49.2 cm³/mol. The fourth-order valence-electron chi connectivity index (χ4n) is 1.91. The monoisotopic (exact) mass is 210 g/mol. The maximum Gasteiger partial charge on any atom is 0.401 e. The summed E-state index contributed by atoms with van der Waals surface area (Å²) in [4.78, 5) is 3.50. The quantitative estimate of drug-likeness (QED) is 0.682. The van der Waals surface area contributed by atoms with Gasteiger partial charge in [0.25, 0.3) is 0 Å². The van der Waals surface area contributed by atoms with Gasteiger partial charge < -0.3 is 4.90 Å². The van der Waals surface area contributed by atoms with E-state index in [1.807, 2.05) is 7.05 Å². The molecule has 1 saturated heterocycles. The van der Waals surface area contributed by atoms with Crippen LogP contribution in [0, 0.1) is 0 Å². The zero-order chi connectivity index (χ0) is 10.8. The SMILES string of the molecule is CN1CCCC(N(C)CC(F)(F)F)C1. The Kier molecular flexibility index (Phi) is 3.78. The van der Waals surface area contributed by atoms with Crippen molar-refractivity contribution in [3.8, 4) is 0 Å². The molecule has 14 heavy (non-hydrogen) atoms. The maximum atomic E-state index is 12.1. The number of likely N-dealkylation sites (tertiary alicyclic amines) is 1. The zero-order valence-corrected chi connectivity index (χ0v) is 8.64. The minimum Gasteiger partial charge on any atom is -0.305 e. The summed E-state index contributed by atoms with van der Waals surface area (Å²) < 4.78 is 36.3. The van der Waals surface area contributed by atoms with E-state index in [4.69, 9.17) is 0 Å². The van der Waals surface area contributed by atoms with Crippen LogP contribution in [-0.2, 0) is 0 Å². The molecule has 5 heteroatoms. The van der Waals surface area contributed by atoms with E-state index in [0.29, 0.717) is 0 Å². The molecule has 84 valence electrons. The van der Waals surface area contributed by atoms with Gasteiger partial charge in [-0.15, -0.1) is 0 Å². The van der Waals surface area contributed by atoms with Gasteiger partial charge in [-0.3, -0.25) is 4.90 Å². The van der Waals surface area contributed by atoms with Crippen molar-refractivity contribution in [2.75, 3.05) is 33.7 Å². The van der Waals surface area contributed by atoms with E-state index in [9.17, 15) is 13.2 Å². The molecule has 1 aliphatic rings. The molecule has 1 unspecified atom stereocenters. The summed E-state index contributed by atoms with van der Waals surface area (Å²) in [7, 11) is 3.50. The molecule has 0 aliphatic carbocycles. The summed E-state index contributed by atoms with van der Waals surface area (Å²) in [6.45, 7) is 0.939. The number of alkyl halides is 3. The second-order valence-corrected chi connectivity index (χ2v) is 4.09. The van der Waals surface area contributed by atoms with Crippen molar-refractivity contribution < 1.29 is 13.2 Å². The Balaban J connectivity index is 2.39. The lowest BCUT2D eigenvalue weighted by molar-refractivity contribution is -0.149. The Morgan fingerprint density at radius 1 is 1.43 bits per heavy atom. The molecule has 1 heterocycles. The van der Waals surface area contributed by atoms with Gasteiger partial charge in [0.15, 0.2) is 0 Å². The highest BCUT2D eigenvalue weighted by atomic mass is 19.4. The Hall–Kier alpha value is -0.290. The highest BCUT2D eigenvalue weighted by Gasteiger charge is 2.32. The van der Waals surface area contributed by atoms with Crippen molar-refractivity contribution in [3.05, 3.63) is 0 Å². The van der Waals surface area contributed by atoms with Crippen LogP contribution in [-0.4, -0.2) is 55.7 Å². The second kappa shape index (κ2) is 4.49. The van der Waals surface area contributed by atoms with Crippen LogP contribution in [0.3, 0.4) is 0 Å². The van der Waals surface area contributed by atoms with Gasteiger partial charge in [0, 0.05) is 12.6 Å². The van der Waals surface area contributed by atoms with E-state index < -0.39 is 12.7 Å². The van der Waals surface area contributed by atoms with Crippen LogP contribution < -0.4 is 0 Å². The highest BCUT2D eigenvalue weighted by Crippen LogP contribution is 2.20. The van der Waals surface area contributed by atoms with Crippen molar-refractivity contribution in [2.45, 2.75) is 25.1 Å². The molecule has 1 fully saturated rings. The highest BCUT2D eigenvalue weighted by molar-refractivity contribution is 4.78. The maximum absolute atomic E-state index is 12.1. The first kappa shape index (κ1) is 11.8. The molecule has 0 N–H and O–H groups in total. The van der Waals surface area contributed by atoms with Crippen LogP contribution in [0.1, 0.15) is 12.8 Å². The minimum atomic E-state index is -4.08. The van der Waals surface area contributed by atoms with Crippen molar-refractivity contribution in [1.82, 2.24) is 9.80 Å². The third-order valence-corrected chi connectivity index (χ3v) is 2.65. The van der Waals surface area contributed by atoms with Crippen LogP contribution >= 0.6 is 0 Å². The van der Waals surface area contributed by atoms with Gasteiger partial charge >= 0.3 is 6.18 Å². The Labute approximate surface area is 82.7 Å². The summed E-state index contributed by atoms with van der Waals surface area (Å²) in [5, 5.41) is 0. The van der Waals surface area contributed by atoms with E-state index >= 15 is 0 Å². The van der Waals surface area contributed by atoms with Crippen LogP contribution in [0.5, 0.6) is 0 Å². The molecule has 0 aromatic rings. The standard InChI is InChI=1S/C9H17F3N2/c1-13-5-3-4-8(6-13)14(2)7-9(10,11)12/h8H,3-7H2,1-2H3. The summed E-state index contributed by atoms with van der Waals surface area (Å²) in [6, 6.07) is 0.0513. The molecular weight excluding hydrogens is 193 g/mol. The van der Waals surface area contributed by atoms with Gasteiger partial charge in [0.2, 0.25) is 0 Å². The lowest BCUT2D eigenvalue weighted by Gasteiger charge is -2.36. The lowest BCUT2D eigenvalue weighted by Crippen LogP contribution is -2.47. The Morgan fingerprint density at radius 3 is 2.57 bits per heavy atom. The van der Waals surface area contributed by atoms with Crippen molar-refractivity contribution in [1.29, 1.82) is 0 Å². The largest absolute Gasteiger partial charge is 0.401 e.